The third kappa shape index (κ3) is 2.28. The monoisotopic (exact) mass is 330 g/mol. The molecule has 0 saturated carbocycles. The summed E-state index contributed by atoms with van der Waals surface area (Å²) in [4.78, 5) is 4.80. The van der Waals surface area contributed by atoms with Crippen molar-refractivity contribution in [2.45, 2.75) is 20.8 Å². The molecule has 0 radical (unpaired) electrons. The fraction of sp³-hybridized carbons (Fsp3) is 0.235. The maximum absolute atomic E-state index is 4.80. The zero-order valence-corrected chi connectivity index (χ0v) is 14.0. The summed E-state index contributed by atoms with van der Waals surface area (Å²) in [7, 11) is 2.12. The van der Waals surface area contributed by atoms with Gasteiger partial charge < -0.3 is 0 Å². The van der Waals surface area contributed by atoms with Crippen LogP contribution in [-0.4, -0.2) is 24.5 Å². The first kappa shape index (κ1) is 13.4. The Balaban J connectivity index is 2.08. The zero-order chi connectivity index (χ0) is 14.3. The fourth-order valence-corrected chi connectivity index (χ4v) is 4.74. The van der Waals surface area contributed by atoms with Crippen LogP contribution in [0.5, 0.6) is 0 Å². The van der Waals surface area contributed by atoms with E-state index < -0.39 is 0 Å². The molecule has 2 aromatic carbocycles. The third-order valence-corrected chi connectivity index (χ3v) is 6.47. The molecule has 1 heterocycles. The molecule has 0 bridgehead atoms. The number of aromatic nitrogens is 2. The Bertz CT molecular complexity index is 764. The number of hydrogen-bond donors (Lipinski definition) is 0. The molecule has 0 aliphatic heterocycles. The first-order chi connectivity index (χ1) is 9.56. The number of para-hydroxylation sites is 2. The molecule has 0 spiro atoms. The van der Waals surface area contributed by atoms with E-state index >= 15 is 0 Å². The second-order valence-electron chi connectivity index (χ2n) is 5.27. The van der Waals surface area contributed by atoms with Gasteiger partial charge in [0.1, 0.15) is 0 Å². The first-order valence-electron chi connectivity index (χ1n) is 6.73. The topological polar surface area (TPSA) is 17.8 Å². The van der Waals surface area contributed by atoms with Gasteiger partial charge >= 0.3 is 126 Å². The van der Waals surface area contributed by atoms with Crippen molar-refractivity contribution in [1.82, 2.24) is 9.55 Å². The normalized spacial score (nSPS) is 11.2. The molecule has 0 aliphatic carbocycles. The second kappa shape index (κ2) is 5.08. The number of nitrogens with zero attached hydrogens (tertiary/aromatic N) is 2. The molecule has 1 aromatic heterocycles. The number of aryl methyl sites for hydroxylation is 4. The Kier molecular flexibility index (Phi) is 3.41. The number of rotatable bonds is 2. The van der Waals surface area contributed by atoms with Gasteiger partial charge in [-0.05, 0) is 0 Å². The third-order valence-electron chi connectivity index (χ3n) is 3.54. The second-order valence-corrected chi connectivity index (χ2v) is 7.32. The number of fused-ring (bicyclic) bond motifs is 1. The molecule has 3 rings (SSSR count). The van der Waals surface area contributed by atoms with Crippen molar-refractivity contribution < 1.29 is 0 Å². The fourth-order valence-electron chi connectivity index (χ4n) is 2.63. The van der Waals surface area contributed by atoms with Gasteiger partial charge in [-0.2, -0.15) is 0 Å². The van der Waals surface area contributed by atoms with Crippen molar-refractivity contribution in [1.29, 1.82) is 0 Å². The average molecular weight is 329 g/mol. The van der Waals surface area contributed by atoms with E-state index in [9.17, 15) is 0 Å². The van der Waals surface area contributed by atoms with E-state index in [1.165, 1.54) is 31.4 Å². The van der Waals surface area contributed by atoms with Crippen LogP contribution < -0.4 is 9.18 Å². The van der Waals surface area contributed by atoms with Crippen molar-refractivity contribution in [3.05, 3.63) is 53.1 Å². The summed E-state index contributed by atoms with van der Waals surface area (Å²) in [6.45, 7) is 6.57. The summed E-state index contributed by atoms with van der Waals surface area (Å²) in [6, 6.07) is 12.9. The van der Waals surface area contributed by atoms with E-state index in [2.05, 4.69) is 68.8 Å². The van der Waals surface area contributed by atoms with Gasteiger partial charge in [0.15, 0.2) is 0 Å². The van der Waals surface area contributed by atoms with Gasteiger partial charge in [-0.1, -0.05) is 0 Å². The van der Waals surface area contributed by atoms with Gasteiger partial charge in [-0.15, -0.1) is 0 Å². The number of hydrogen-bond acceptors (Lipinski definition) is 1. The van der Waals surface area contributed by atoms with E-state index in [4.69, 9.17) is 4.98 Å². The molecule has 0 N–H and O–H groups in total. The molecule has 3 aromatic rings. The van der Waals surface area contributed by atoms with Crippen molar-refractivity contribution >= 4 is 35.2 Å². The number of benzene rings is 2. The van der Waals surface area contributed by atoms with E-state index in [0.717, 1.165) is 5.52 Å². The van der Waals surface area contributed by atoms with Crippen LogP contribution in [0.2, 0.25) is 0 Å². The summed E-state index contributed by atoms with van der Waals surface area (Å²) in [6.07, 6.45) is 0. The van der Waals surface area contributed by atoms with Gasteiger partial charge in [0, 0.05) is 0 Å². The zero-order valence-electron chi connectivity index (χ0n) is 12.3. The van der Waals surface area contributed by atoms with E-state index in [1.54, 1.807) is 0 Å². The Labute approximate surface area is 126 Å². The van der Waals surface area contributed by atoms with Gasteiger partial charge in [0.05, 0.1) is 0 Å². The van der Waals surface area contributed by atoms with Crippen molar-refractivity contribution in [2.24, 2.45) is 7.05 Å². The molecule has 0 atom stereocenters. The minimum atomic E-state index is 0.246. The Morgan fingerprint density at radius 1 is 1.00 bits per heavy atom. The summed E-state index contributed by atoms with van der Waals surface area (Å²) in [5.41, 5.74) is 6.41. The summed E-state index contributed by atoms with van der Waals surface area (Å²) >= 11 is 0.246. The van der Waals surface area contributed by atoms with Crippen molar-refractivity contribution in [3.8, 4) is 0 Å². The molecular weight excluding hydrogens is 311 g/mol. The van der Waals surface area contributed by atoms with Gasteiger partial charge in [-0.3, -0.25) is 0 Å². The van der Waals surface area contributed by atoms with Gasteiger partial charge in [-0.25, -0.2) is 0 Å². The van der Waals surface area contributed by atoms with Crippen LogP contribution in [0.25, 0.3) is 11.0 Å². The average Bonchev–Trinajstić information content (AvgIpc) is 2.71. The summed E-state index contributed by atoms with van der Waals surface area (Å²) in [5, 5.41) is 0. The van der Waals surface area contributed by atoms with E-state index in [0.29, 0.717) is 0 Å². The molecule has 2 nitrogen and oxygen atoms in total. The first-order valence-corrected chi connectivity index (χ1v) is 8.45. The molecule has 0 aliphatic rings. The Morgan fingerprint density at radius 2 is 1.65 bits per heavy atom. The quantitative estimate of drug-likeness (QED) is 0.659. The van der Waals surface area contributed by atoms with E-state index in [1.807, 2.05) is 0 Å². The van der Waals surface area contributed by atoms with Crippen molar-refractivity contribution in [2.75, 3.05) is 0 Å². The summed E-state index contributed by atoms with van der Waals surface area (Å²) < 4.78 is 4.88. The van der Waals surface area contributed by atoms with Crippen LogP contribution in [0, 0.1) is 20.8 Å². The van der Waals surface area contributed by atoms with Gasteiger partial charge in [0.2, 0.25) is 0 Å². The van der Waals surface area contributed by atoms with E-state index in [-0.39, 0.29) is 15.0 Å². The minimum absolute atomic E-state index is 0.246. The van der Waals surface area contributed by atoms with Crippen LogP contribution in [0.4, 0.5) is 0 Å². The molecule has 20 heavy (non-hydrogen) atoms. The predicted molar refractivity (Wildman–Crippen MR) is 86.4 cm³/mol. The number of imidazole rings is 1. The van der Waals surface area contributed by atoms with Crippen molar-refractivity contribution in [3.63, 3.8) is 0 Å². The molecule has 0 amide bonds. The molecule has 0 unspecified atom stereocenters. The molecule has 3 heteroatoms. The molecular formula is C17H18N2Se. The maximum atomic E-state index is 4.80. The molecule has 102 valence electrons. The predicted octanol–water partition coefficient (Wildman–Crippen LogP) is 2.15. The van der Waals surface area contributed by atoms with Crippen LogP contribution in [-0.2, 0) is 7.05 Å². The summed E-state index contributed by atoms with van der Waals surface area (Å²) in [5.74, 6) is 0. The molecule has 0 saturated heterocycles. The van der Waals surface area contributed by atoms with Gasteiger partial charge in [0.25, 0.3) is 0 Å². The standard InChI is InChI=1S/C17H18N2Se/c1-11-9-12(2)16(13(3)10-11)20-17-18-14-7-5-6-8-15(14)19(17)4/h5-10H,1-4H3. The van der Waals surface area contributed by atoms with Crippen LogP contribution in [0.1, 0.15) is 16.7 Å². The Hall–Kier alpha value is -1.57. The SMILES string of the molecule is Cc1cc(C)c([Se]c2nc3ccccc3n2C)c(C)c1. The van der Waals surface area contributed by atoms with Crippen LogP contribution in [0.15, 0.2) is 36.4 Å². The van der Waals surface area contributed by atoms with Crippen LogP contribution in [0.3, 0.4) is 0 Å². The van der Waals surface area contributed by atoms with Crippen LogP contribution >= 0.6 is 0 Å². The molecule has 0 fully saturated rings. The Morgan fingerprint density at radius 3 is 2.30 bits per heavy atom.